The highest BCUT2D eigenvalue weighted by atomic mass is 32.2. The van der Waals surface area contributed by atoms with Crippen LogP contribution in [0.15, 0.2) is 35.5 Å². The second-order valence-corrected chi connectivity index (χ2v) is 6.59. The van der Waals surface area contributed by atoms with Gasteiger partial charge in [-0.25, -0.2) is 4.98 Å². The molecular formula is C17H22N4O2S. The summed E-state index contributed by atoms with van der Waals surface area (Å²) in [5.41, 5.74) is 3.18. The van der Waals surface area contributed by atoms with Gasteiger partial charge >= 0.3 is 0 Å². The molecular weight excluding hydrogens is 324 g/mol. The van der Waals surface area contributed by atoms with E-state index in [0.29, 0.717) is 5.16 Å². The topological polar surface area (TPSA) is 78.1 Å². The summed E-state index contributed by atoms with van der Waals surface area (Å²) in [6.45, 7) is 1.99. The first-order valence-electron chi connectivity index (χ1n) is 7.64. The van der Waals surface area contributed by atoms with E-state index in [-0.39, 0.29) is 24.1 Å². The Hall–Kier alpha value is -2.28. The number of benzene rings is 1. The summed E-state index contributed by atoms with van der Waals surface area (Å²) in [5.74, 6) is -0.0977. The summed E-state index contributed by atoms with van der Waals surface area (Å²) in [7, 11) is 3.31. The van der Waals surface area contributed by atoms with E-state index < -0.39 is 0 Å². The number of carbonyl (C=O) groups is 2. The SMILES string of the molecule is Cc1[nH]c(SCC(=O)NCC(=O)N(C)C)nc1Cc1ccccc1. The molecule has 128 valence electrons. The number of thioether (sulfide) groups is 1. The fraction of sp³-hybridized carbons (Fsp3) is 0.353. The Morgan fingerprint density at radius 3 is 2.62 bits per heavy atom. The fourth-order valence-corrected chi connectivity index (χ4v) is 2.78. The van der Waals surface area contributed by atoms with Gasteiger partial charge in [-0.05, 0) is 12.5 Å². The van der Waals surface area contributed by atoms with Crippen molar-refractivity contribution < 1.29 is 9.59 Å². The van der Waals surface area contributed by atoms with Crippen molar-refractivity contribution in [3.05, 3.63) is 47.3 Å². The molecule has 2 amide bonds. The molecule has 0 aliphatic heterocycles. The van der Waals surface area contributed by atoms with Crippen LogP contribution in [0.2, 0.25) is 0 Å². The lowest BCUT2D eigenvalue weighted by molar-refractivity contribution is -0.130. The molecule has 2 N–H and O–H groups in total. The minimum Gasteiger partial charge on any atom is -0.347 e. The molecule has 24 heavy (non-hydrogen) atoms. The maximum atomic E-state index is 11.8. The zero-order chi connectivity index (χ0) is 17.5. The number of aromatic amines is 1. The van der Waals surface area contributed by atoms with Crippen LogP contribution in [0, 0.1) is 6.92 Å². The van der Waals surface area contributed by atoms with Crippen LogP contribution in [0.25, 0.3) is 0 Å². The van der Waals surface area contributed by atoms with Crippen molar-refractivity contribution in [1.29, 1.82) is 0 Å². The molecule has 1 aromatic heterocycles. The predicted octanol–water partition coefficient (Wildman–Crippen LogP) is 1.61. The predicted molar refractivity (Wildman–Crippen MR) is 95.0 cm³/mol. The van der Waals surface area contributed by atoms with E-state index in [1.807, 2.05) is 25.1 Å². The Labute approximate surface area is 146 Å². The Balaban J connectivity index is 1.84. The summed E-state index contributed by atoms with van der Waals surface area (Å²) in [6.07, 6.45) is 0.757. The number of nitrogens with one attached hydrogen (secondary N) is 2. The third kappa shape index (κ3) is 5.42. The molecule has 0 bridgehead atoms. The summed E-state index contributed by atoms with van der Waals surface area (Å²) >= 11 is 1.33. The van der Waals surface area contributed by atoms with Gasteiger partial charge in [0.25, 0.3) is 0 Å². The van der Waals surface area contributed by atoms with Gasteiger partial charge in [0.2, 0.25) is 11.8 Å². The summed E-state index contributed by atoms with van der Waals surface area (Å²) in [6, 6.07) is 10.1. The van der Waals surface area contributed by atoms with Crippen LogP contribution >= 0.6 is 11.8 Å². The summed E-state index contributed by atoms with van der Waals surface area (Å²) in [5, 5.41) is 3.32. The van der Waals surface area contributed by atoms with Gasteiger partial charge in [-0.15, -0.1) is 0 Å². The average molecular weight is 346 g/mol. The number of hydrogen-bond acceptors (Lipinski definition) is 4. The molecule has 7 heteroatoms. The Kier molecular flexibility index (Phi) is 6.43. The van der Waals surface area contributed by atoms with Crippen molar-refractivity contribution in [3.63, 3.8) is 0 Å². The van der Waals surface area contributed by atoms with Crippen LogP contribution in [0.3, 0.4) is 0 Å². The van der Waals surface area contributed by atoms with Crippen LogP contribution in [0.5, 0.6) is 0 Å². The molecule has 0 atom stereocenters. The third-order valence-electron chi connectivity index (χ3n) is 3.45. The maximum Gasteiger partial charge on any atom is 0.241 e. The summed E-state index contributed by atoms with van der Waals surface area (Å²) < 4.78 is 0. The van der Waals surface area contributed by atoms with Gasteiger partial charge in [-0.1, -0.05) is 42.1 Å². The van der Waals surface area contributed by atoms with E-state index >= 15 is 0 Å². The van der Waals surface area contributed by atoms with Gasteiger partial charge in [-0.3, -0.25) is 9.59 Å². The number of rotatable bonds is 7. The zero-order valence-electron chi connectivity index (χ0n) is 14.1. The van der Waals surface area contributed by atoms with Crippen molar-refractivity contribution in [2.24, 2.45) is 0 Å². The molecule has 6 nitrogen and oxygen atoms in total. The number of nitrogens with zero attached hydrogens (tertiary/aromatic N) is 2. The van der Waals surface area contributed by atoms with Crippen molar-refractivity contribution in [1.82, 2.24) is 20.2 Å². The Bertz CT molecular complexity index is 698. The van der Waals surface area contributed by atoms with Gasteiger partial charge in [-0.2, -0.15) is 0 Å². The van der Waals surface area contributed by atoms with Gasteiger partial charge in [0, 0.05) is 26.2 Å². The molecule has 0 saturated carbocycles. The number of H-pyrrole nitrogens is 1. The second-order valence-electron chi connectivity index (χ2n) is 5.63. The van der Waals surface area contributed by atoms with Crippen LogP contribution in [0.1, 0.15) is 17.0 Å². The quantitative estimate of drug-likeness (QED) is 0.747. The van der Waals surface area contributed by atoms with Crippen LogP contribution < -0.4 is 5.32 Å². The molecule has 0 aliphatic carbocycles. The van der Waals surface area contributed by atoms with E-state index in [9.17, 15) is 9.59 Å². The minimum atomic E-state index is -0.186. The molecule has 0 fully saturated rings. The third-order valence-corrected chi connectivity index (χ3v) is 4.33. The monoisotopic (exact) mass is 346 g/mol. The van der Waals surface area contributed by atoms with Gasteiger partial charge in [0.15, 0.2) is 5.16 Å². The van der Waals surface area contributed by atoms with E-state index in [0.717, 1.165) is 17.8 Å². The number of amides is 2. The molecule has 1 heterocycles. The number of imidazole rings is 1. The van der Waals surface area contributed by atoms with E-state index in [4.69, 9.17) is 0 Å². The largest absolute Gasteiger partial charge is 0.347 e. The lowest BCUT2D eigenvalue weighted by Crippen LogP contribution is -2.36. The molecule has 2 aromatic rings. The maximum absolute atomic E-state index is 11.8. The lowest BCUT2D eigenvalue weighted by atomic mass is 10.1. The van der Waals surface area contributed by atoms with Crippen LogP contribution in [-0.2, 0) is 16.0 Å². The molecule has 2 rings (SSSR count). The van der Waals surface area contributed by atoms with Crippen LogP contribution in [0.4, 0.5) is 0 Å². The molecule has 0 aliphatic rings. The Morgan fingerprint density at radius 1 is 1.25 bits per heavy atom. The van der Waals surface area contributed by atoms with E-state index in [1.165, 1.54) is 22.2 Å². The number of likely N-dealkylation sites (N-methyl/N-ethyl adjacent to an activating group) is 1. The molecule has 1 aromatic carbocycles. The molecule has 0 spiro atoms. The highest BCUT2D eigenvalue weighted by molar-refractivity contribution is 7.99. The zero-order valence-corrected chi connectivity index (χ0v) is 14.9. The number of aromatic nitrogens is 2. The minimum absolute atomic E-state index is 0.0167. The standard InChI is InChI=1S/C17H22N4O2S/c1-12-14(9-13-7-5-4-6-8-13)20-17(19-12)24-11-15(22)18-10-16(23)21(2)3/h4-8H,9-11H2,1-3H3,(H,18,22)(H,19,20). The van der Waals surface area contributed by atoms with E-state index in [1.54, 1.807) is 14.1 Å². The van der Waals surface area contributed by atoms with Crippen molar-refractivity contribution in [2.45, 2.75) is 18.5 Å². The fourth-order valence-electron chi connectivity index (χ4n) is 2.01. The molecule has 0 saturated heterocycles. The Morgan fingerprint density at radius 2 is 1.96 bits per heavy atom. The van der Waals surface area contributed by atoms with Crippen molar-refractivity contribution >= 4 is 23.6 Å². The normalized spacial score (nSPS) is 10.5. The molecule has 0 radical (unpaired) electrons. The van der Waals surface area contributed by atoms with Crippen LogP contribution in [-0.4, -0.2) is 53.1 Å². The van der Waals surface area contributed by atoms with Crippen molar-refractivity contribution in [3.8, 4) is 0 Å². The van der Waals surface area contributed by atoms with Gasteiger partial charge < -0.3 is 15.2 Å². The van der Waals surface area contributed by atoms with Gasteiger partial charge in [0.1, 0.15) is 0 Å². The summed E-state index contributed by atoms with van der Waals surface area (Å²) in [4.78, 5) is 32.4. The second kappa shape index (κ2) is 8.54. The highest BCUT2D eigenvalue weighted by Crippen LogP contribution is 2.18. The van der Waals surface area contributed by atoms with Crippen molar-refractivity contribution in [2.75, 3.05) is 26.4 Å². The number of aryl methyl sites for hydroxylation is 1. The highest BCUT2D eigenvalue weighted by Gasteiger charge is 2.11. The molecule has 0 unspecified atom stereocenters. The lowest BCUT2D eigenvalue weighted by Gasteiger charge is -2.10. The smallest absolute Gasteiger partial charge is 0.241 e. The first-order valence-corrected chi connectivity index (χ1v) is 8.63. The van der Waals surface area contributed by atoms with Gasteiger partial charge in [0.05, 0.1) is 18.0 Å². The first-order chi connectivity index (χ1) is 11.5. The number of carbonyl (C=O) groups excluding carboxylic acids is 2. The number of hydrogen-bond donors (Lipinski definition) is 2. The average Bonchev–Trinajstić information content (AvgIpc) is 2.91. The van der Waals surface area contributed by atoms with E-state index in [2.05, 4.69) is 27.4 Å². The first kappa shape index (κ1) is 18.1.